The summed E-state index contributed by atoms with van der Waals surface area (Å²) in [5.41, 5.74) is 0.645. The van der Waals surface area contributed by atoms with Crippen molar-refractivity contribution in [1.82, 2.24) is 9.29 Å². The molecule has 0 aliphatic carbocycles. The minimum Gasteiger partial charge on any atom is -0.495 e. The maximum absolute atomic E-state index is 12.7. The number of pyridine rings is 1. The molecule has 1 aromatic heterocycles. The number of anilines is 1. The van der Waals surface area contributed by atoms with Gasteiger partial charge in [0.15, 0.2) is 0 Å². The lowest BCUT2D eigenvalue weighted by atomic mass is 10.2. The molecule has 0 fully saturated rings. The zero-order chi connectivity index (χ0) is 18.4. The van der Waals surface area contributed by atoms with Crippen molar-refractivity contribution in [3.63, 3.8) is 0 Å². The zero-order valence-electron chi connectivity index (χ0n) is 14.4. The lowest BCUT2D eigenvalue weighted by molar-refractivity contribution is 0.102. The molecule has 0 aliphatic heterocycles. The number of hydrogen-bond acceptors (Lipinski definition) is 5. The van der Waals surface area contributed by atoms with Gasteiger partial charge in [0.2, 0.25) is 10.0 Å². The number of nitrogens with one attached hydrogen (secondary N) is 1. The van der Waals surface area contributed by atoms with Crippen LogP contribution in [-0.2, 0) is 10.0 Å². The Morgan fingerprint density at radius 3 is 2.52 bits per heavy atom. The Balaban J connectivity index is 2.39. The molecule has 0 spiro atoms. The number of methoxy groups -OCH3 is 1. The molecule has 2 rings (SSSR count). The highest BCUT2D eigenvalue weighted by atomic mass is 32.2. The van der Waals surface area contributed by atoms with E-state index in [0.29, 0.717) is 24.4 Å². The first-order valence-electron chi connectivity index (χ1n) is 7.83. The third-order valence-electron chi connectivity index (χ3n) is 3.69. The van der Waals surface area contributed by atoms with Gasteiger partial charge < -0.3 is 10.1 Å². The van der Waals surface area contributed by atoms with Gasteiger partial charge in [0.1, 0.15) is 5.75 Å². The molecule has 0 saturated heterocycles. The topological polar surface area (TPSA) is 88.6 Å². The Morgan fingerprint density at radius 1 is 1.24 bits per heavy atom. The molecule has 7 nitrogen and oxygen atoms in total. The van der Waals surface area contributed by atoms with Crippen molar-refractivity contribution in [1.29, 1.82) is 0 Å². The Morgan fingerprint density at radius 2 is 1.96 bits per heavy atom. The van der Waals surface area contributed by atoms with Crippen LogP contribution in [0.2, 0.25) is 0 Å². The van der Waals surface area contributed by atoms with Crippen LogP contribution in [0.25, 0.3) is 0 Å². The van der Waals surface area contributed by atoms with E-state index in [0.717, 1.165) is 0 Å². The van der Waals surface area contributed by atoms with Gasteiger partial charge in [-0.05, 0) is 30.3 Å². The zero-order valence-corrected chi connectivity index (χ0v) is 15.2. The lowest BCUT2D eigenvalue weighted by Crippen LogP contribution is -2.30. The molecule has 0 unspecified atom stereocenters. The second kappa shape index (κ2) is 8.09. The third kappa shape index (κ3) is 4.15. The molecule has 1 N–H and O–H groups in total. The lowest BCUT2D eigenvalue weighted by Gasteiger charge is -2.19. The Labute approximate surface area is 147 Å². The number of carbonyl (C=O) groups excluding carboxylic acids is 1. The van der Waals surface area contributed by atoms with Crippen LogP contribution in [0.15, 0.2) is 47.6 Å². The average Bonchev–Trinajstić information content (AvgIpc) is 2.63. The fourth-order valence-corrected chi connectivity index (χ4v) is 3.83. The van der Waals surface area contributed by atoms with Crippen LogP contribution in [0.5, 0.6) is 5.75 Å². The quantitative estimate of drug-likeness (QED) is 0.816. The van der Waals surface area contributed by atoms with Crippen molar-refractivity contribution >= 4 is 21.6 Å². The van der Waals surface area contributed by atoms with E-state index in [1.54, 1.807) is 32.2 Å². The summed E-state index contributed by atoms with van der Waals surface area (Å²) in [7, 11) is -2.18. The van der Waals surface area contributed by atoms with Crippen molar-refractivity contribution in [3.8, 4) is 5.75 Å². The molecule has 0 atom stereocenters. The fourth-order valence-electron chi connectivity index (χ4n) is 2.35. The highest BCUT2D eigenvalue weighted by Crippen LogP contribution is 2.29. The Hall–Kier alpha value is -2.45. The van der Waals surface area contributed by atoms with E-state index in [1.165, 1.54) is 35.8 Å². The molecule has 8 heteroatoms. The van der Waals surface area contributed by atoms with Crippen molar-refractivity contribution in [2.75, 3.05) is 25.5 Å². The summed E-state index contributed by atoms with van der Waals surface area (Å²) in [5.74, 6) is -0.0282. The summed E-state index contributed by atoms with van der Waals surface area (Å²) in [4.78, 5) is 16.3. The van der Waals surface area contributed by atoms with E-state index in [9.17, 15) is 13.2 Å². The minimum absolute atomic E-state index is 0.0958. The van der Waals surface area contributed by atoms with Crippen molar-refractivity contribution in [2.45, 2.75) is 18.7 Å². The number of nitrogens with zero attached hydrogens (tertiary/aromatic N) is 2. The highest BCUT2D eigenvalue weighted by molar-refractivity contribution is 7.89. The normalized spacial score (nSPS) is 11.4. The molecular formula is C17H21N3O4S. The van der Waals surface area contributed by atoms with E-state index >= 15 is 0 Å². The minimum atomic E-state index is -3.63. The molecule has 0 aliphatic rings. The molecule has 0 bridgehead atoms. The number of rotatable bonds is 7. The van der Waals surface area contributed by atoms with E-state index in [-0.39, 0.29) is 10.6 Å². The van der Waals surface area contributed by atoms with Crippen molar-refractivity contribution < 1.29 is 17.9 Å². The molecular weight excluding hydrogens is 342 g/mol. The predicted molar refractivity (Wildman–Crippen MR) is 95.3 cm³/mol. The largest absolute Gasteiger partial charge is 0.495 e. The molecule has 0 radical (unpaired) electrons. The van der Waals surface area contributed by atoms with Gasteiger partial charge >= 0.3 is 0 Å². The maximum Gasteiger partial charge on any atom is 0.257 e. The van der Waals surface area contributed by atoms with Crippen LogP contribution in [0.4, 0.5) is 5.69 Å². The van der Waals surface area contributed by atoms with Crippen LogP contribution in [0.3, 0.4) is 0 Å². The molecule has 1 aromatic carbocycles. The molecule has 1 heterocycles. The van der Waals surface area contributed by atoms with Crippen molar-refractivity contribution in [3.05, 3.63) is 48.3 Å². The second-order valence-corrected chi connectivity index (χ2v) is 7.09. The van der Waals surface area contributed by atoms with Crippen molar-refractivity contribution in [2.24, 2.45) is 0 Å². The number of carbonyl (C=O) groups is 1. The van der Waals surface area contributed by atoms with E-state index in [2.05, 4.69) is 10.3 Å². The standard InChI is InChI=1S/C17H21N3O4S/c1-4-20(5-2)25(22,23)14-8-9-16(24-3)15(11-14)19-17(21)13-7-6-10-18-12-13/h6-12H,4-5H2,1-3H3,(H,19,21). The van der Waals surface area contributed by atoms with Gasteiger partial charge in [0, 0.05) is 25.5 Å². The fraction of sp³-hybridized carbons (Fsp3) is 0.294. The number of aromatic nitrogens is 1. The Bertz CT molecular complexity index is 834. The van der Waals surface area contributed by atoms with Crippen LogP contribution in [0, 0.1) is 0 Å². The smallest absolute Gasteiger partial charge is 0.257 e. The monoisotopic (exact) mass is 363 g/mol. The molecule has 2 aromatic rings. The summed E-state index contributed by atoms with van der Waals surface area (Å²) in [6, 6.07) is 7.65. The highest BCUT2D eigenvalue weighted by Gasteiger charge is 2.23. The number of benzene rings is 1. The first kappa shape index (κ1) is 18.9. The van der Waals surface area contributed by atoms with E-state index < -0.39 is 15.9 Å². The SMILES string of the molecule is CCN(CC)S(=O)(=O)c1ccc(OC)c(NC(=O)c2cccnc2)c1. The summed E-state index contributed by atoms with van der Waals surface area (Å²) < 4.78 is 31.9. The number of amides is 1. The molecule has 25 heavy (non-hydrogen) atoms. The Kier molecular flexibility index (Phi) is 6.11. The van der Waals surface area contributed by atoms with Gasteiger partial charge in [-0.25, -0.2) is 8.42 Å². The van der Waals surface area contributed by atoms with E-state index in [4.69, 9.17) is 4.74 Å². The first-order valence-corrected chi connectivity index (χ1v) is 9.27. The third-order valence-corrected chi connectivity index (χ3v) is 5.73. The summed E-state index contributed by atoms with van der Waals surface area (Å²) >= 11 is 0. The van der Waals surface area contributed by atoms with Gasteiger partial charge in [-0.3, -0.25) is 9.78 Å². The average molecular weight is 363 g/mol. The molecule has 134 valence electrons. The van der Waals surface area contributed by atoms with Crippen LogP contribution in [0.1, 0.15) is 24.2 Å². The van der Waals surface area contributed by atoms with Crippen LogP contribution in [-0.4, -0.2) is 43.8 Å². The van der Waals surface area contributed by atoms with Crippen LogP contribution < -0.4 is 10.1 Å². The summed E-state index contributed by atoms with van der Waals surface area (Å²) in [6.07, 6.45) is 2.99. The summed E-state index contributed by atoms with van der Waals surface area (Å²) in [5, 5.41) is 2.68. The number of sulfonamides is 1. The number of ether oxygens (including phenoxy) is 1. The molecule has 0 saturated carbocycles. The van der Waals surface area contributed by atoms with Gasteiger partial charge in [-0.2, -0.15) is 4.31 Å². The van der Waals surface area contributed by atoms with Gasteiger partial charge in [-0.1, -0.05) is 13.8 Å². The van der Waals surface area contributed by atoms with Gasteiger partial charge in [-0.15, -0.1) is 0 Å². The summed E-state index contributed by atoms with van der Waals surface area (Å²) in [6.45, 7) is 4.27. The van der Waals surface area contributed by atoms with Gasteiger partial charge in [0.25, 0.3) is 5.91 Å². The number of hydrogen-bond donors (Lipinski definition) is 1. The first-order chi connectivity index (χ1) is 11.9. The molecule has 1 amide bonds. The second-order valence-electron chi connectivity index (χ2n) is 5.15. The van der Waals surface area contributed by atoms with Crippen LogP contribution >= 0.6 is 0 Å². The predicted octanol–water partition coefficient (Wildman–Crippen LogP) is 2.37. The maximum atomic E-state index is 12.7. The van der Waals surface area contributed by atoms with E-state index in [1.807, 2.05) is 0 Å². The van der Waals surface area contributed by atoms with Gasteiger partial charge in [0.05, 0.1) is 23.3 Å².